The molecule has 0 saturated heterocycles. The highest BCUT2D eigenvalue weighted by Gasteiger charge is 2.17. The summed E-state index contributed by atoms with van der Waals surface area (Å²) in [7, 11) is 1.78. The first-order valence-electron chi connectivity index (χ1n) is 6.28. The Kier molecular flexibility index (Phi) is 4.04. The van der Waals surface area contributed by atoms with Gasteiger partial charge < -0.3 is 9.42 Å². The lowest BCUT2D eigenvalue weighted by Gasteiger charge is -2.14. The zero-order valence-electron chi connectivity index (χ0n) is 11.7. The summed E-state index contributed by atoms with van der Waals surface area (Å²) < 4.78 is 5.01. The van der Waals surface area contributed by atoms with Gasteiger partial charge in [0.2, 0.25) is 0 Å². The van der Waals surface area contributed by atoms with Gasteiger partial charge in [-0.15, -0.1) is 11.3 Å². The molecule has 2 aromatic heterocycles. The molecule has 0 unspecified atom stereocenters. The second-order valence-electron chi connectivity index (χ2n) is 4.66. The van der Waals surface area contributed by atoms with Crippen LogP contribution in [0.4, 0.5) is 0 Å². The van der Waals surface area contributed by atoms with E-state index in [0.717, 1.165) is 22.8 Å². The molecular formula is C14H18N2O2S. The van der Waals surface area contributed by atoms with Gasteiger partial charge in [-0.25, -0.2) is 0 Å². The third kappa shape index (κ3) is 3.04. The second kappa shape index (κ2) is 5.57. The van der Waals surface area contributed by atoms with Crippen LogP contribution < -0.4 is 0 Å². The maximum atomic E-state index is 12.3. The van der Waals surface area contributed by atoms with Crippen LogP contribution in [0.2, 0.25) is 0 Å². The van der Waals surface area contributed by atoms with E-state index in [-0.39, 0.29) is 5.91 Å². The SMILES string of the molecule is CCc1sc(C(=O)N(C)Cc2cc(C)on2)cc1C. The highest BCUT2D eigenvalue weighted by atomic mass is 32.1. The van der Waals surface area contributed by atoms with E-state index in [2.05, 4.69) is 12.1 Å². The zero-order valence-corrected chi connectivity index (χ0v) is 12.5. The number of amides is 1. The first kappa shape index (κ1) is 13.8. The van der Waals surface area contributed by atoms with Gasteiger partial charge in [0.05, 0.1) is 11.4 Å². The minimum absolute atomic E-state index is 0.0356. The normalized spacial score (nSPS) is 10.7. The fourth-order valence-electron chi connectivity index (χ4n) is 1.97. The molecule has 0 radical (unpaired) electrons. The maximum absolute atomic E-state index is 12.3. The van der Waals surface area contributed by atoms with E-state index in [1.54, 1.807) is 23.3 Å². The summed E-state index contributed by atoms with van der Waals surface area (Å²) in [6.07, 6.45) is 0.968. The van der Waals surface area contributed by atoms with E-state index < -0.39 is 0 Å². The quantitative estimate of drug-likeness (QED) is 0.863. The van der Waals surface area contributed by atoms with E-state index in [0.29, 0.717) is 6.54 Å². The van der Waals surface area contributed by atoms with Crippen LogP contribution >= 0.6 is 11.3 Å². The molecule has 0 spiro atoms. The van der Waals surface area contributed by atoms with Crippen molar-refractivity contribution in [2.75, 3.05) is 7.05 Å². The molecule has 0 atom stereocenters. The predicted octanol–water partition coefficient (Wildman–Crippen LogP) is 3.19. The van der Waals surface area contributed by atoms with Gasteiger partial charge in [-0.3, -0.25) is 4.79 Å². The van der Waals surface area contributed by atoms with Crippen LogP contribution in [-0.4, -0.2) is 23.0 Å². The van der Waals surface area contributed by atoms with Crippen LogP contribution in [-0.2, 0) is 13.0 Å². The van der Waals surface area contributed by atoms with Crippen molar-refractivity contribution in [2.45, 2.75) is 33.7 Å². The largest absolute Gasteiger partial charge is 0.361 e. The number of carbonyl (C=O) groups is 1. The second-order valence-corrected chi connectivity index (χ2v) is 5.80. The van der Waals surface area contributed by atoms with Gasteiger partial charge in [-0.05, 0) is 31.9 Å². The van der Waals surface area contributed by atoms with E-state index in [9.17, 15) is 4.79 Å². The molecule has 0 aliphatic carbocycles. The number of nitrogens with zero attached hydrogens (tertiary/aromatic N) is 2. The number of hydrogen-bond acceptors (Lipinski definition) is 4. The van der Waals surface area contributed by atoms with Crippen LogP contribution in [0, 0.1) is 13.8 Å². The van der Waals surface area contributed by atoms with Crippen molar-refractivity contribution in [2.24, 2.45) is 0 Å². The van der Waals surface area contributed by atoms with Crippen LogP contribution in [0.1, 0.15) is 38.5 Å². The molecule has 4 nitrogen and oxygen atoms in total. The van der Waals surface area contributed by atoms with E-state index >= 15 is 0 Å². The van der Waals surface area contributed by atoms with Crippen molar-refractivity contribution >= 4 is 17.2 Å². The Hall–Kier alpha value is -1.62. The van der Waals surface area contributed by atoms with Gasteiger partial charge in [-0.1, -0.05) is 12.1 Å². The van der Waals surface area contributed by atoms with Crippen LogP contribution in [0.15, 0.2) is 16.7 Å². The summed E-state index contributed by atoms with van der Waals surface area (Å²) in [4.78, 5) is 16.0. The van der Waals surface area contributed by atoms with Gasteiger partial charge in [0.1, 0.15) is 11.5 Å². The fraction of sp³-hybridized carbons (Fsp3) is 0.429. The molecule has 2 rings (SSSR count). The molecule has 102 valence electrons. The van der Waals surface area contributed by atoms with Crippen LogP contribution in [0.5, 0.6) is 0 Å². The summed E-state index contributed by atoms with van der Waals surface area (Å²) in [6.45, 7) is 6.46. The number of aromatic nitrogens is 1. The van der Waals surface area contributed by atoms with E-state index in [1.807, 2.05) is 26.0 Å². The van der Waals surface area contributed by atoms with Crippen LogP contribution in [0.25, 0.3) is 0 Å². The summed E-state index contributed by atoms with van der Waals surface area (Å²) >= 11 is 1.58. The Morgan fingerprint density at radius 3 is 2.68 bits per heavy atom. The van der Waals surface area contributed by atoms with Crippen molar-refractivity contribution in [3.05, 3.63) is 38.9 Å². The Labute approximate surface area is 117 Å². The molecule has 0 saturated carbocycles. The minimum Gasteiger partial charge on any atom is -0.361 e. The molecular weight excluding hydrogens is 260 g/mol. The topological polar surface area (TPSA) is 46.3 Å². The maximum Gasteiger partial charge on any atom is 0.264 e. The first-order valence-corrected chi connectivity index (χ1v) is 7.10. The highest BCUT2D eigenvalue weighted by Crippen LogP contribution is 2.23. The van der Waals surface area contributed by atoms with Gasteiger partial charge in [0.25, 0.3) is 5.91 Å². The third-order valence-corrected chi connectivity index (χ3v) is 4.34. The molecule has 19 heavy (non-hydrogen) atoms. The first-order chi connectivity index (χ1) is 9.01. The standard InChI is InChI=1S/C14H18N2O2S/c1-5-12-9(2)6-13(19-12)14(17)16(4)8-11-7-10(3)18-15-11/h6-7H,5,8H2,1-4H3. The number of rotatable bonds is 4. The fourth-order valence-corrected chi connectivity index (χ4v) is 3.08. The molecule has 0 aromatic carbocycles. The highest BCUT2D eigenvalue weighted by molar-refractivity contribution is 7.14. The molecule has 2 aromatic rings. The Morgan fingerprint density at radius 1 is 1.42 bits per heavy atom. The Morgan fingerprint density at radius 2 is 2.16 bits per heavy atom. The van der Waals surface area contributed by atoms with Crippen molar-refractivity contribution < 1.29 is 9.32 Å². The predicted molar refractivity (Wildman–Crippen MR) is 75.5 cm³/mol. The van der Waals surface area contributed by atoms with E-state index in [4.69, 9.17) is 4.52 Å². The monoisotopic (exact) mass is 278 g/mol. The molecule has 2 heterocycles. The molecule has 0 aliphatic rings. The Bertz CT molecular complexity index is 586. The van der Waals surface area contributed by atoms with Crippen molar-refractivity contribution in [1.29, 1.82) is 0 Å². The average Bonchev–Trinajstić information content (AvgIpc) is 2.94. The summed E-state index contributed by atoms with van der Waals surface area (Å²) in [6, 6.07) is 3.82. The smallest absolute Gasteiger partial charge is 0.264 e. The zero-order chi connectivity index (χ0) is 14.0. The number of aryl methyl sites for hydroxylation is 3. The molecule has 0 N–H and O–H groups in total. The lowest BCUT2D eigenvalue weighted by Crippen LogP contribution is -2.25. The van der Waals surface area contributed by atoms with Gasteiger partial charge >= 0.3 is 0 Å². The molecule has 5 heteroatoms. The summed E-state index contributed by atoms with van der Waals surface area (Å²) in [5, 5.41) is 3.91. The molecule has 1 amide bonds. The average molecular weight is 278 g/mol. The third-order valence-electron chi connectivity index (χ3n) is 2.98. The molecule has 0 fully saturated rings. The summed E-state index contributed by atoms with van der Waals surface area (Å²) in [5.74, 6) is 0.796. The van der Waals surface area contributed by atoms with Gasteiger partial charge in [-0.2, -0.15) is 0 Å². The van der Waals surface area contributed by atoms with Gasteiger partial charge in [0.15, 0.2) is 0 Å². The van der Waals surface area contributed by atoms with Crippen LogP contribution in [0.3, 0.4) is 0 Å². The molecule has 0 aliphatic heterocycles. The van der Waals surface area contributed by atoms with Crippen molar-refractivity contribution in [3.8, 4) is 0 Å². The van der Waals surface area contributed by atoms with E-state index in [1.165, 1.54) is 10.4 Å². The molecule has 0 bridgehead atoms. The lowest BCUT2D eigenvalue weighted by atomic mass is 10.2. The number of thiophene rings is 1. The van der Waals surface area contributed by atoms with Crippen molar-refractivity contribution in [1.82, 2.24) is 10.1 Å². The van der Waals surface area contributed by atoms with Gasteiger partial charge in [0, 0.05) is 18.0 Å². The van der Waals surface area contributed by atoms with Crippen molar-refractivity contribution in [3.63, 3.8) is 0 Å². The lowest BCUT2D eigenvalue weighted by molar-refractivity contribution is 0.0787. The minimum atomic E-state index is 0.0356. The number of carbonyl (C=O) groups excluding carboxylic acids is 1. The number of hydrogen-bond donors (Lipinski definition) is 0. The summed E-state index contributed by atoms with van der Waals surface area (Å²) in [5.41, 5.74) is 1.97. The Balaban J connectivity index is 2.09.